The van der Waals surface area contributed by atoms with E-state index in [1.54, 1.807) is 25.7 Å². The number of anilines is 1. The molecule has 3 aromatic rings. The molecule has 0 aliphatic carbocycles. The predicted octanol–water partition coefficient (Wildman–Crippen LogP) is 8.42. The number of amides is 3. The summed E-state index contributed by atoms with van der Waals surface area (Å²) >= 11 is 0. The predicted molar refractivity (Wildman–Crippen MR) is 179 cm³/mol. The molecule has 3 amide bonds. The third kappa shape index (κ3) is 10.1. The van der Waals surface area contributed by atoms with Crippen molar-refractivity contribution in [2.45, 2.75) is 105 Å². The van der Waals surface area contributed by atoms with Gasteiger partial charge in [0.05, 0.1) is 0 Å². The first-order chi connectivity index (χ1) is 20.6. The molecule has 0 radical (unpaired) electrons. The maximum Gasteiger partial charge on any atom is 0.408 e. The molecule has 0 aliphatic heterocycles. The second kappa shape index (κ2) is 15.2. The molecule has 0 fully saturated rings. The van der Waals surface area contributed by atoms with Gasteiger partial charge in [0.15, 0.2) is 0 Å². The summed E-state index contributed by atoms with van der Waals surface area (Å²) in [5, 5.41) is 8.04. The molecule has 0 bridgehead atoms. The Morgan fingerprint density at radius 2 is 1.50 bits per heavy atom. The highest BCUT2D eigenvalue weighted by atomic mass is 16.6. The Balaban J connectivity index is 2.10. The lowest BCUT2D eigenvalue weighted by Crippen LogP contribution is -2.55. The van der Waals surface area contributed by atoms with Crippen molar-refractivity contribution in [2.24, 2.45) is 11.8 Å². The van der Waals surface area contributed by atoms with Crippen LogP contribution in [0.5, 0.6) is 0 Å². The lowest BCUT2D eigenvalue weighted by Gasteiger charge is -2.39. The van der Waals surface area contributed by atoms with Crippen molar-refractivity contribution in [1.82, 2.24) is 10.2 Å². The summed E-state index contributed by atoms with van der Waals surface area (Å²) in [6, 6.07) is 19.4. The van der Waals surface area contributed by atoms with E-state index >= 15 is 0 Å². The van der Waals surface area contributed by atoms with E-state index in [9.17, 15) is 14.4 Å². The monoisotopic (exact) mass is 601 g/mol. The van der Waals surface area contributed by atoms with Crippen LogP contribution in [0.15, 0.2) is 66.7 Å². The zero-order valence-electron chi connectivity index (χ0n) is 27.9. The van der Waals surface area contributed by atoms with Crippen LogP contribution in [-0.2, 0) is 14.3 Å². The number of carbonyl (C=O) groups is 3. The maximum atomic E-state index is 14.7. The number of alkyl carbamates (subject to hydrolysis) is 1. The Hall–Kier alpha value is -3.87. The van der Waals surface area contributed by atoms with Gasteiger partial charge >= 0.3 is 6.09 Å². The molecule has 44 heavy (non-hydrogen) atoms. The number of hydrogen-bond donors (Lipinski definition) is 2. The van der Waals surface area contributed by atoms with Crippen LogP contribution in [0.3, 0.4) is 0 Å². The van der Waals surface area contributed by atoms with Gasteiger partial charge in [-0.2, -0.15) is 0 Å². The van der Waals surface area contributed by atoms with Gasteiger partial charge in [-0.15, -0.1) is 0 Å². The fraction of sp³-hybridized carbons (Fsp3) is 0.486. The van der Waals surface area contributed by atoms with E-state index < -0.39 is 23.8 Å². The van der Waals surface area contributed by atoms with Crippen molar-refractivity contribution < 1.29 is 19.1 Å². The van der Waals surface area contributed by atoms with E-state index in [1.165, 1.54) is 0 Å². The van der Waals surface area contributed by atoms with E-state index in [0.29, 0.717) is 30.0 Å². The summed E-state index contributed by atoms with van der Waals surface area (Å²) in [5.41, 5.74) is 1.63. The number of nitrogens with one attached hydrogen (secondary N) is 2. The molecule has 7 heteroatoms. The number of fused-ring (bicyclic) bond motifs is 1. The molecule has 2 N–H and O–H groups in total. The molecule has 0 aliphatic rings. The highest BCUT2D eigenvalue weighted by Crippen LogP contribution is 2.30. The molecule has 0 saturated heterocycles. The molecular formula is C37H51N3O4. The Labute approximate surface area is 263 Å². The van der Waals surface area contributed by atoms with Gasteiger partial charge in [0, 0.05) is 11.7 Å². The molecule has 0 heterocycles. The third-order valence-electron chi connectivity index (χ3n) is 7.49. The van der Waals surface area contributed by atoms with Gasteiger partial charge in [0.2, 0.25) is 5.91 Å². The fourth-order valence-electron chi connectivity index (χ4n) is 5.39. The van der Waals surface area contributed by atoms with Gasteiger partial charge in [-0.25, -0.2) is 4.79 Å². The van der Waals surface area contributed by atoms with Crippen LogP contribution in [0.1, 0.15) is 91.8 Å². The van der Waals surface area contributed by atoms with E-state index in [4.69, 9.17) is 4.74 Å². The first-order valence-corrected chi connectivity index (χ1v) is 15.8. The Morgan fingerprint density at radius 3 is 2.11 bits per heavy atom. The lowest BCUT2D eigenvalue weighted by atomic mass is 9.94. The van der Waals surface area contributed by atoms with Crippen molar-refractivity contribution in [3.05, 3.63) is 77.9 Å². The van der Waals surface area contributed by atoms with Crippen molar-refractivity contribution in [1.29, 1.82) is 0 Å². The smallest absolute Gasteiger partial charge is 0.408 e. The van der Waals surface area contributed by atoms with Crippen molar-refractivity contribution in [2.75, 3.05) is 5.32 Å². The number of ether oxygens (including phenoxy) is 1. The second-order valence-corrected chi connectivity index (χ2v) is 13.8. The SMILES string of the molecule is Cc1cccc(C(C(=O)Nc2ccc3ccccc3c2)N(C(=O)C(CC(C)C)NC(=O)OC(C)(C)C)C(C)CCC(C)C)c1. The number of aryl methyl sites for hydroxylation is 1. The molecule has 3 rings (SSSR count). The summed E-state index contributed by atoms with van der Waals surface area (Å²) in [6.45, 7) is 17.6. The van der Waals surface area contributed by atoms with E-state index in [0.717, 1.165) is 22.8 Å². The van der Waals surface area contributed by atoms with Gasteiger partial charge in [-0.05, 0) is 94.2 Å². The molecular weight excluding hydrogens is 550 g/mol. The maximum absolute atomic E-state index is 14.7. The molecule has 238 valence electrons. The number of hydrogen-bond acceptors (Lipinski definition) is 4. The van der Waals surface area contributed by atoms with Crippen LogP contribution >= 0.6 is 0 Å². The highest BCUT2D eigenvalue weighted by Gasteiger charge is 2.39. The lowest BCUT2D eigenvalue weighted by molar-refractivity contribution is -0.144. The van der Waals surface area contributed by atoms with Crippen LogP contribution in [0.25, 0.3) is 10.8 Å². The summed E-state index contributed by atoms with van der Waals surface area (Å²) in [5.74, 6) is -0.0858. The standard InChI is InChI=1S/C37H51N3O4/c1-24(2)17-18-27(6)40(35(42)32(21-25(3)4)39-36(43)44-37(7,8)9)33(30-16-12-13-26(5)22-30)34(41)38-31-20-19-28-14-10-11-15-29(28)23-31/h10-16,19-20,22-25,27,32-33H,17-18,21H2,1-9H3,(H,38,41)(H,39,43). The number of nitrogens with zero attached hydrogens (tertiary/aromatic N) is 1. The van der Waals surface area contributed by atoms with E-state index in [2.05, 4.69) is 24.5 Å². The van der Waals surface area contributed by atoms with Gasteiger partial charge in [-0.3, -0.25) is 9.59 Å². The number of benzene rings is 3. The quantitative estimate of drug-likeness (QED) is 0.218. The van der Waals surface area contributed by atoms with Gasteiger partial charge in [0.1, 0.15) is 17.7 Å². The van der Waals surface area contributed by atoms with Gasteiger partial charge in [-0.1, -0.05) is 87.9 Å². The highest BCUT2D eigenvalue weighted by molar-refractivity contribution is 6.00. The molecule has 3 aromatic carbocycles. The minimum Gasteiger partial charge on any atom is -0.444 e. The Kier molecular flexibility index (Phi) is 12.0. The van der Waals surface area contributed by atoms with E-state index in [1.807, 2.05) is 94.4 Å². The summed E-state index contributed by atoms with van der Waals surface area (Å²) in [6.07, 6.45) is 1.33. The van der Waals surface area contributed by atoms with Crippen LogP contribution < -0.4 is 10.6 Å². The fourth-order valence-corrected chi connectivity index (χ4v) is 5.39. The minimum absolute atomic E-state index is 0.107. The molecule has 0 spiro atoms. The molecule has 7 nitrogen and oxygen atoms in total. The number of carbonyl (C=O) groups excluding carboxylic acids is 3. The van der Waals surface area contributed by atoms with Crippen molar-refractivity contribution >= 4 is 34.4 Å². The van der Waals surface area contributed by atoms with Crippen LogP contribution in [0.2, 0.25) is 0 Å². The Morgan fingerprint density at radius 1 is 0.818 bits per heavy atom. The van der Waals surface area contributed by atoms with Crippen LogP contribution in [-0.4, -0.2) is 40.5 Å². The van der Waals surface area contributed by atoms with Gasteiger partial charge < -0.3 is 20.3 Å². The molecule has 0 saturated carbocycles. The second-order valence-electron chi connectivity index (χ2n) is 13.8. The largest absolute Gasteiger partial charge is 0.444 e. The molecule has 3 unspecified atom stereocenters. The Bertz CT molecular complexity index is 1430. The van der Waals surface area contributed by atoms with Crippen molar-refractivity contribution in [3.63, 3.8) is 0 Å². The van der Waals surface area contributed by atoms with Gasteiger partial charge in [0.25, 0.3) is 5.91 Å². The summed E-state index contributed by atoms with van der Waals surface area (Å²) in [7, 11) is 0. The normalized spacial score (nSPS) is 13.8. The minimum atomic E-state index is -0.925. The first kappa shape index (κ1) is 34.6. The third-order valence-corrected chi connectivity index (χ3v) is 7.49. The zero-order chi connectivity index (χ0) is 32.6. The van der Waals surface area contributed by atoms with Crippen molar-refractivity contribution in [3.8, 4) is 0 Å². The zero-order valence-corrected chi connectivity index (χ0v) is 27.9. The number of rotatable bonds is 12. The summed E-state index contributed by atoms with van der Waals surface area (Å²) < 4.78 is 5.54. The van der Waals surface area contributed by atoms with Crippen LogP contribution in [0, 0.1) is 18.8 Å². The average Bonchev–Trinajstić information content (AvgIpc) is 2.92. The first-order valence-electron chi connectivity index (χ1n) is 15.8. The topological polar surface area (TPSA) is 87.7 Å². The van der Waals surface area contributed by atoms with E-state index in [-0.39, 0.29) is 23.8 Å². The molecule has 3 atom stereocenters. The summed E-state index contributed by atoms with van der Waals surface area (Å²) in [4.78, 5) is 43.7. The average molecular weight is 602 g/mol. The van der Waals surface area contributed by atoms with Crippen LogP contribution in [0.4, 0.5) is 10.5 Å². The molecule has 0 aromatic heterocycles.